The first-order chi connectivity index (χ1) is 12.0. The SMILES string of the molecule is C=C/C=C\C=C1C=C(/C=C2\C(=C/C)c3ccccc3C2(C)C)N(C)C\1. The lowest BCUT2D eigenvalue weighted by molar-refractivity contribution is 0.493. The van der Waals surface area contributed by atoms with Gasteiger partial charge in [-0.2, -0.15) is 0 Å². The van der Waals surface area contributed by atoms with E-state index in [1.54, 1.807) is 6.08 Å². The normalized spacial score (nSPS) is 23.8. The molecule has 0 unspecified atom stereocenters. The van der Waals surface area contributed by atoms with E-state index in [2.05, 4.69) is 93.9 Å². The molecule has 25 heavy (non-hydrogen) atoms. The summed E-state index contributed by atoms with van der Waals surface area (Å²) in [6, 6.07) is 8.78. The molecule has 0 saturated carbocycles. The van der Waals surface area contributed by atoms with Gasteiger partial charge in [-0.3, -0.25) is 0 Å². The molecule has 1 aliphatic carbocycles. The van der Waals surface area contributed by atoms with Gasteiger partial charge in [0.15, 0.2) is 0 Å². The number of rotatable bonds is 3. The standard InChI is InChI=1S/C24H27N/c1-6-8-9-12-18-15-19(25(5)17-18)16-23-20(7-2)21-13-10-11-14-22(21)24(23,3)4/h6-16H,1,17H2,2-5H3/b9-8-,18-12-,20-7-,23-16+. The van der Waals surface area contributed by atoms with E-state index in [0.29, 0.717) is 0 Å². The Labute approximate surface area is 152 Å². The Kier molecular flexibility index (Phi) is 4.67. The van der Waals surface area contributed by atoms with Crippen molar-refractivity contribution in [2.45, 2.75) is 26.2 Å². The van der Waals surface area contributed by atoms with Crippen LogP contribution in [0.3, 0.4) is 0 Å². The molecule has 1 aromatic rings. The van der Waals surface area contributed by atoms with Crippen LogP contribution in [0, 0.1) is 0 Å². The second-order valence-electron chi connectivity index (χ2n) is 7.22. The van der Waals surface area contributed by atoms with Crippen LogP contribution in [-0.2, 0) is 5.41 Å². The number of nitrogens with zero attached hydrogens (tertiary/aromatic N) is 1. The van der Waals surface area contributed by atoms with Gasteiger partial charge in [0.2, 0.25) is 0 Å². The van der Waals surface area contributed by atoms with Gasteiger partial charge in [0.25, 0.3) is 0 Å². The first-order valence-electron chi connectivity index (χ1n) is 8.89. The van der Waals surface area contributed by atoms with Gasteiger partial charge in [-0.15, -0.1) is 0 Å². The van der Waals surface area contributed by atoms with Crippen LogP contribution in [0.1, 0.15) is 31.9 Å². The van der Waals surface area contributed by atoms with Gasteiger partial charge in [0, 0.05) is 24.7 Å². The lowest BCUT2D eigenvalue weighted by Gasteiger charge is -2.23. The molecule has 3 rings (SSSR count). The number of likely N-dealkylation sites (N-methyl/N-ethyl adjacent to an activating group) is 1. The van der Waals surface area contributed by atoms with Crippen molar-refractivity contribution in [3.63, 3.8) is 0 Å². The van der Waals surface area contributed by atoms with Gasteiger partial charge >= 0.3 is 0 Å². The summed E-state index contributed by atoms with van der Waals surface area (Å²) >= 11 is 0. The summed E-state index contributed by atoms with van der Waals surface area (Å²) in [5, 5.41) is 0. The van der Waals surface area contributed by atoms with Crippen LogP contribution in [0.25, 0.3) is 5.57 Å². The number of allylic oxidation sites excluding steroid dienone is 8. The Morgan fingerprint density at radius 1 is 1.16 bits per heavy atom. The molecule has 1 nitrogen and oxygen atoms in total. The van der Waals surface area contributed by atoms with Crippen LogP contribution in [0.15, 0.2) is 90.2 Å². The summed E-state index contributed by atoms with van der Waals surface area (Å²) in [6.45, 7) is 11.5. The van der Waals surface area contributed by atoms with Crippen molar-refractivity contribution in [2.24, 2.45) is 0 Å². The topological polar surface area (TPSA) is 3.24 Å². The highest BCUT2D eigenvalue weighted by Gasteiger charge is 2.37. The third kappa shape index (κ3) is 3.07. The summed E-state index contributed by atoms with van der Waals surface area (Å²) < 4.78 is 0. The highest BCUT2D eigenvalue weighted by Crippen LogP contribution is 2.50. The van der Waals surface area contributed by atoms with Gasteiger partial charge in [0.1, 0.15) is 0 Å². The lowest BCUT2D eigenvalue weighted by atomic mass is 9.81. The van der Waals surface area contributed by atoms with Crippen molar-refractivity contribution in [3.8, 4) is 0 Å². The predicted octanol–water partition coefficient (Wildman–Crippen LogP) is 5.81. The predicted molar refractivity (Wildman–Crippen MR) is 109 cm³/mol. The third-order valence-electron chi connectivity index (χ3n) is 5.19. The molecule has 0 amide bonds. The van der Waals surface area contributed by atoms with Crippen LogP contribution in [0.2, 0.25) is 0 Å². The average Bonchev–Trinajstić information content (AvgIpc) is 3.04. The lowest BCUT2D eigenvalue weighted by Crippen LogP contribution is -2.17. The van der Waals surface area contributed by atoms with Crippen LogP contribution >= 0.6 is 0 Å². The van der Waals surface area contributed by atoms with E-state index in [1.165, 1.54) is 33.5 Å². The maximum absolute atomic E-state index is 3.72. The molecule has 1 aromatic carbocycles. The number of fused-ring (bicyclic) bond motifs is 1. The van der Waals surface area contributed by atoms with Gasteiger partial charge in [-0.05, 0) is 46.9 Å². The van der Waals surface area contributed by atoms with E-state index in [-0.39, 0.29) is 5.41 Å². The molecule has 0 spiro atoms. The van der Waals surface area contributed by atoms with Gasteiger partial charge in [0.05, 0.1) is 0 Å². The van der Waals surface area contributed by atoms with Crippen molar-refractivity contribution in [1.82, 2.24) is 4.90 Å². The highest BCUT2D eigenvalue weighted by molar-refractivity contribution is 5.90. The zero-order valence-corrected chi connectivity index (χ0v) is 15.7. The summed E-state index contributed by atoms with van der Waals surface area (Å²) in [5.41, 5.74) is 8.16. The van der Waals surface area contributed by atoms with E-state index in [1.807, 2.05) is 6.08 Å². The van der Waals surface area contributed by atoms with Crippen LogP contribution in [0.5, 0.6) is 0 Å². The molecule has 1 heterocycles. The maximum atomic E-state index is 3.72. The number of hydrogen-bond acceptors (Lipinski definition) is 1. The summed E-state index contributed by atoms with van der Waals surface area (Å²) in [4.78, 5) is 2.31. The summed E-state index contributed by atoms with van der Waals surface area (Å²) in [7, 11) is 2.16. The van der Waals surface area contributed by atoms with E-state index < -0.39 is 0 Å². The van der Waals surface area contributed by atoms with Crippen LogP contribution in [-0.4, -0.2) is 18.5 Å². The van der Waals surface area contributed by atoms with Crippen LogP contribution in [0.4, 0.5) is 0 Å². The molecule has 0 N–H and O–H groups in total. The molecule has 0 radical (unpaired) electrons. The molecule has 0 aromatic heterocycles. The van der Waals surface area contributed by atoms with Gasteiger partial charge < -0.3 is 4.90 Å². The van der Waals surface area contributed by atoms with E-state index in [0.717, 1.165) is 6.54 Å². The fraction of sp³-hybridized carbons (Fsp3) is 0.250. The quantitative estimate of drug-likeness (QED) is 0.633. The number of hydrogen-bond donors (Lipinski definition) is 0. The zero-order valence-electron chi connectivity index (χ0n) is 15.7. The van der Waals surface area contributed by atoms with Crippen molar-refractivity contribution in [1.29, 1.82) is 0 Å². The molecule has 0 bridgehead atoms. The van der Waals surface area contributed by atoms with E-state index >= 15 is 0 Å². The van der Waals surface area contributed by atoms with Crippen molar-refractivity contribution < 1.29 is 0 Å². The molecule has 1 heteroatoms. The van der Waals surface area contributed by atoms with E-state index in [4.69, 9.17) is 0 Å². The Morgan fingerprint density at radius 3 is 2.64 bits per heavy atom. The fourth-order valence-electron chi connectivity index (χ4n) is 3.83. The van der Waals surface area contributed by atoms with E-state index in [9.17, 15) is 0 Å². The molecule has 0 saturated heterocycles. The monoisotopic (exact) mass is 329 g/mol. The third-order valence-corrected chi connectivity index (χ3v) is 5.19. The minimum atomic E-state index is 0.0231. The Morgan fingerprint density at radius 2 is 1.92 bits per heavy atom. The Hall–Kier alpha value is -2.54. The van der Waals surface area contributed by atoms with Gasteiger partial charge in [-0.25, -0.2) is 0 Å². The molecule has 1 aliphatic heterocycles. The van der Waals surface area contributed by atoms with Gasteiger partial charge in [-0.1, -0.05) is 75.1 Å². The maximum Gasteiger partial charge on any atom is 0.0426 e. The van der Waals surface area contributed by atoms with Crippen molar-refractivity contribution >= 4 is 5.57 Å². The highest BCUT2D eigenvalue weighted by atomic mass is 15.1. The smallest absolute Gasteiger partial charge is 0.0426 e. The molecule has 2 aliphatic rings. The zero-order chi connectivity index (χ0) is 18.0. The largest absolute Gasteiger partial charge is 0.370 e. The van der Waals surface area contributed by atoms with Crippen molar-refractivity contribution in [3.05, 3.63) is 101 Å². The molecule has 0 fully saturated rings. The number of benzene rings is 1. The molecule has 0 atom stereocenters. The molecular weight excluding hydrogens is 302 g/mol. The second kappa shape index (κ2) is 6.76. The minimum Gasteiger partial charge on any atom is -0.370 e. The Balaban J connectivity index is 2.04. The summed E-state index contributed by atoms with van der Waals surface area (Å²) in [5.74, 6) is 0. The molecule has 128 valence electrons. The fourth-order valence-corrected chi connectivity index (χ4v) is 3.83. The van der Waals surface area contributed by atoms with Crippen LogP contribution < -0.4 is 0 Å². The summed E-state index contributed by atoms with van der Waals surface area (Å²) in [6.07, 6.45) is 14.9. The molecular formula is C24H27N. The Bertz CT molecular complexity index is 841. The second-order valence-corrected chi connectivity index (χ2v) is 7.22. The van der Waals surface area contributed by atoms with Crippen molar-refractivity contribution in [2.75, 3.05) is 13.6 Å². The first kappa shape index (κ1) is 17.3. The average molecular weight is 329 g/mol. The first-order valence-corrected chi connectivity index (χ1v) is 8.89. The minimum absolute atomic E-state index is 0.0231.